The SMILES string of the molecule is Cc1ccnc2c(-c3cccc(-c4nc5c(-c6cc7c(cc6S)oc6ccccc67)cccc5n4-c4ccc(C(C)(C)C)cc4-c4ccccc4)c3)cc(C(C)(C)C)cc12. The molecule has 4 nitrogen and oxygen atoms in total. The number of benzene rings is 7. The maximum atomic E-state index is 6.27. The average molecular weight is 798 g/mol. The zero-order valence-electron chi connectivity index (χ0n) is 35.1. The van der Waals surface area contributed by atoms with Crippen LogP contribution in [-0.2, 0) is 10.8 Å². The van der Waals surface area contributed by atoms with Crippen molar-refractivity contribution in [3.05, 3.63) is 168 Å². The summed E-state index contributed by atoms with van der Waals surface area (Å²) in [6.07, 6.45) is 1.93. The molecule has 3 aromatic heterocycles. The molecule has 0 N–H and O–H groups in total. The number of rotatable bonds is 5. The summed E-state index contributed by atoms with van der Waals surface area (Å²) >= 11 is 5.09. The van der Waals surface area contributed by atoms with Gasteiger partial charge in [0.1, 0.15) is 17.0 Å². The summed E-state index contributed by atoms with van der Waals surface area (Å²) in [5, 5.41) is 3.32. The van der Waals surface area contributed by atoms with Gasteiger partial charge in [0, 0.05) is 49.5 Å². The van der Waals surface area contributed by atoms with E-state index in [0.29, 0.717) is 0 Å². The van der Waals surface area contributed by atoms with Gasteiger partial charge < -0.3 is 4.42 Å². The van der Waals surface area contributed by atoms with Crippen molar-refractivity contribution >= 4 is 56.5 Å². The van der Waals surface area contributed by atoms with Gasteiger partial charge in [0.25, 0.3) is 0 Å². The number of furan rings is 1. The monoisotopic (exact) mass is 797 g/mol. The Morgan fingerprint density at radius 3 is 2.03 bits per heavy atom. The molecular formula is C55H47N3OS. The summed E-state index contributed by atoms with van der Waals surface area (Å²) in [7, 11) is 0. The highest BCUT2D eigenvalue weighted by Gasteiger charge is 2.25. The van der Waals surface area contributed by atoms with Gasteiger partial charge in [-0.3, -0.25) is 9.55 Å². The van der Waals surface area contributed by atoms with E-state index in [2.05, 4.69) is 180 Å². The standard InChI is InChI=1S/C55H47N3OS/c1-33-25-26-56-51-41(33)29-38(55(5,6)7)30-43(51)35-17-13-18-36(27-35)53-57-52-40(45-31-44-39-19-11-12-22-48(39)59-49(44)32-50(45)60)20-14-21-47(52)58(53)46-24-23-37(54(2,3)4)28-42(46)34-15-9-8-10-16-34/h8-32,60H,1-7H3. The Balaban J connectivity index is 1.27. The second-order valence-electron chi connectivity index (χ2n) is 18.1. The molecule has 10 rings (SSSR count). The molecule has 0 aliphatic carbocycles. The van der Waals surface area contributed by atoms with Crippen LogP contribution in [0, 0.1) is 6.92 Å². The number of aromatic nitrogens is 3. The summed E-state index contributed by atoms with van der Waals surface area (Å²) in [4.78, 5) is 11.5. The van der Waals surface area contributed by atoms with Crippen molar-refractivity contribution in [3.63, 3.8) is 0 Å². The summed E-state index contributed by atoms with van der Waals surface area (Å²) < 4.78 is 8.64. The molecular weight excluding hydrogens is 751 g/mol. The van der Waals surface area contributed by atoms with Crippen molar-refractivity contribution < 1.29 is 4.42 Å². The molecule has 3 heterocycles. The molecule has 5 heteroatoms. The Morgan fingerprint density at radius 1 is 0.517 bits per heavy atom. The van der Waals surface area contributed by atoms with E-state index in [-0.39, 0.29) is 10.8 Å². The largest absolute Gasteiger partial charge is 0.456 e. The molecule has 10 aromatic rings. The number of nitrogens with zero attached hydrogens (tertiary/aromatic N) is 3. The maximum Gasteiger partial charge on any atom is 0.145 e. The van der Waals surface area contributed by atoms with E-state index in [1.54, 1.807) is 0 Å². The van der Waals surface area contributed by atoms with Crippen LogP contribution in [0.4, 0.5) is 0 Å². The van der Waals surface area contributed by atoms with Crippen LogP contribution in [-0.4, -0.2) is 14.5 Å². The molecule has 0 saturated heterocycles. The van der Waals surface area contributed by atoms with E-state index >= 15 is 0 Å². The highest BCUT2D eigenvalue weighted by Crippen LogP contribution is 2.43. The minimum atomic E-state index is -0.0438. The van der Waals surface area contributed by atoms with Gasteiger partial charge in [-0.1, -0.05) is 126 Å². The van der Waals surface area contributed by atoms with Gasteiger partial charge in [-0.05, 0) is 112 Å². The molecule has 7 aromatic carbocycles. The average Bonchev–Trinajstić information content (AvgIpc) is 3.81. The molecule has 0 fully saturated rings. The lowest BCUT2D eigenvalue weighted by Gasteiger charge is -2.23. The van der Waals surface area contributed by atoms with Crippen molar-refractivity contribution in [1.82, 2.24) is 14.5 Å². The van der Waals surface area contributed by atoms with Crippen LogP contribution < -0.4 is 0 Å². The summed E-state index contributed by atoms with van der Waals surface area (Å²) in [6.45, 7) is 15.8. The smallest absolute Gasteiger partial charge is 0.145 e. The van der Waals surface area contributed by atoms with Crippen molar-refractivity contribution in [1.29, 1.82) is 0 Å². The van der Waals surface area contributed by atoms with Gasteiger partial charge >= 0.3 is 0 Å². The fourth-order valence-corrected chi connectivity index (χ4v) is 8.95. The normalized spacial score (nSPS) is 12.3. The Bertz CT molecular complexity index is 3300. The number of thiol groups is 1. The number of hydrogen-bond acceptors (Lipinski definition) is 4. The predicted molar refractivity (Wildman–Crippen MR) is 255 cm³/mol. The first-order chi connectivity index (χ1) is 28.8. The quantitative estimate of drug-likeness (QED) is 0.176. The predicted octanol–water partition coefficient (Wildman–Crippen LogP) is 15.3. The second kappa shape index (κ2) is 14.1. The first kappa shape index (κ1) is 37.8. The van der Waals surface area contributed by atoms with Crippen LogP contribution >= 0.6 is 12.6 Å². The van der Waals surface area contributed by atoms with Crippen LogP contribution in [0.2, 0.25) is 0 Å². The Labute approximate surface area is 357 Å². The number of para-hydroxylation sites is 2. The minimum Gasteiger partial charge on any atom is -0.456 e. The van der Waals surface area contributed by atoms with Gasteiger partial charge in [-0.15, -0.1) is 12.6 Å². The molecule has 294 valence electrons. The molecule has 0 bridgehead atoms. The van der Waals surface area contributed by atoms with E-state index in [0.717, 1.165) is 93.8 Å². The van der Waals surface area contributed by atoms with Gasteiger partial charge in [0.05, 0.1) is 22.2 Å². The lowest BCUT2D eigenvalue weighted by Crippen LogP contribution is -2.12. The lowest BCUT2D eigenvalue weighted by molar-refractivity contribution is 0.590. The van der Waals surface area contributed by atoms with E-state index in [1.807, 2.05) is 24.4 Å². The third kappa shape index (κ3) is 6.40. The van der Waals surface area contributed by atoms with E-state index in [4.69, 9.17) is 27.0 Å². The van der Waals surface area contributed by atoms with Crippen LogP contribution in [0.25, 0.3) is 94.3 Å². The minimum absolute atomic E-state index is 0.0426. The van der Waals surface area contributed by atoms with Crippen molar-refractivity contribution in [2.24, 2.45) is 0 Å². The molecule has 0 aliphatic heterocycles. The molecule has 0 atom stereocenters. The Hall–Kier alpha value is -6.43. The first-order valence-electron chi connectivity index (χ1n) is 20.7. The van der Waals surface area contributed by atoms with Crippen molar-refractivity contribution in [2.45, 2.75) is 64.2 Å². The molecule has 0 saturated carbocycles. The molecule has 0 aliphatic rings. The lowest BCUT2D eigenvalue weighted by atomic mass is 9.83. The molecule has 0 unspecified atom stereocenters. The van der Waals surface area contributed by atoms with Crippen LogP contribution in [0.1, 0.15) is 58.2 Å². The number of fused-ring (bicyclic) bond motifs is 5. The van der Waals surface area contributed by atoms with E-state index in [1.165, 1.54) is 22.1 Å². The van der Waals surface area contributed by atoms with Crippen molar-refractivity contribution in [3.8, 4) is 50.5 Å². The summed E-state index contributed by atoms with van der Waals surface area (Å²) in [5.41, 5.74) is 16.9. The van der Waals surface area contributed by atoms with Crippen LogP contribution in [0.15, 0.2) is 161 Å². The van der Waals surface area contributed by atoms with Crippen molar-refractivity contribution in [2.75, 3.05) is 0 Å². The zero-order chi connectivity index (χ0) is 41.5. The number of aryl methyl sites for hydroxylation is 1. The van der Waals surface area contributed by atoms with E-state index < -0.39 is 0 Å². The van der Waals surface area contributed by atoms with Gasteiger partial charge in [-0.2, -0.15) is 0 Å². The molecule has 0 amide bonds. The Kier molecular flexibility index (Phi) is 8.89. The Morgan fingerprint density at radius 2 is 1.23 bits per heavy atom. The molecule has 0 spiro atoms. The third-order valence-corrected chi connectivity index (χ3v) is 12.4. The number of pyridine rings is 1. The highest BCUT2D eigenvalue weighted by molar-refractivity contribution is 7.80. The molecule has 60 heavy (non-hydrogen) atoms. The van der Waals surface area contributed by atoms with Crippen LogP contribution in [0.5, 0.6) is 0 Å². The van der Waals surface area contributed by atoms with Gasteiger partial charge in [0.15, 0.2) is 0 Å². The summed E-state index contributed by atoms with van der Waals surface area (Å²) in [5.74, 6) is 0.857. The highest BCUT2D eigenvalue weighted by atomic mass is 32.1. The number of hydrogen-bond donors (Lipinski definition) is 1. The van der Waals surface area contributed by atoms with Gasteiger partial charge in [-0.25, -0.2) is 4.98 Å². The second-order valence-corrected chi connectivity index (χ2v) is 18.6. The fourth-order valence-electron chi connectivity index (χ4n) is 8.64. The number of imidazole rings is 1. The molecule has 0 radical (unpaired) electrons. The van der Waals surface area contributed by atoms with Crippen LogP contribution in [0.3, 0.4) is 0 Å². The topological polar surface area (TPSA) is 43.9 Å². The summed E-state index contributed by atoms with van der Waals surface area (Å²) in [6, 6.07) is 52.2. The van der Waals surface area contributed by atoms with E-state index in [9.17, 15) is 0 Å². The van der Waals surface area contributed by atoms with Gasteiger partial charge in [0.2, 0.25) is 0 Å². The maximum absolute atomic E-state index is 6.27. The zero-order valence-corrected chi connectivity index (χ0v) is 36.0. The first-order valence-corrected chi connectivity index (χ1v) is 21.2. The fraction of sp³-hybridized carbons (Fsp3) is 0.164. The third-order valence-electron chi connectivity index (χ3n) is 12.0.